The van der Waals surface area contributed by atoms with Gasteiger partial charge in [0, 0.05) is 35.4 Å². The van der Waals surface area contributed by atoms with Gasteiger partial charge < -0.3 is 9.64 Å². The summed E-state index contributed by atoms with van der Waals surface area (Å²) >= 11 is 23.2. The number of benzene rings is 1. The van der Waals surface area contributed by atoms with Gasteiger partial charge in [-0.3, -0.25) is 4.98 Å². The molecule has 1 aromatic heterocycles. The molecule has 4 rings (SSSR count). The zero-order chi connectivity index (χ0) is 21.3. The molecule has 1 saturated heterocycles. The van der Waals surface area contributed by atoms with Crippen molar-refractivity contribution >= 4 is 70.2 Å². The molecule has 2 aliphatic rings. The second-order valence-corrected chi connectivity index (χ2v) is 10.1. The number of ether oxygens (including phenoxy) is 1. The predicted molar refractivity (Wildman–Crippen MR) is 123 cm³/mol. The zero-order valence-corrected chi connectivity index (χ0v) is 18.9. The number of pyridine rings is 1. The fourth-order valence-electron chi connectivity index (χ4n) is 3.77. The number of fused-ring (bicyclic) bond motifs is 2. The Morgan fingerprint density at radius 2 is 1.83 bits per heavy atom. The summed E-state index contributed by atoms with van der Waals surface area (Å²) in [6, 6.07) is 9.87. The van der Waals surface area contributed by atoms with Gasteiger partial charge in [0.2, 0.25) is 3.79 Å². The van der Waals surface area contributed by atoms with Crippen LogP contribution < -0.4 is 0 Å². The van der Waals surface area contributed by atoms with Gasteiger partial charge in [0.1, 0.15) is 6.61 Å². The fourth-order valence-corrected chi connectivity index (χ4v) is 4.11. The van der Waals surface area contributed by atoms with Gasteiger partial charge in [-0.15, -0.1) is 0 Å². The molecule has 1 fully saturated rings. The van der Waals surface area contributed by atoms with E-state index in [2.05, 4.69) is 23.2 Å². The molecule has 0 unspecified atom stereocenters. The lowest BCUT2D eigenvalue weighted by Gasteiger charge is -2.30. The first-order chi connectivity index (χ1) is 14.3. The smallest absolute Gasteiger partial charge is 0.409 e. The van der Waals surface area contributed by atoms with Crippen molar-refractivity contribution in [1.29, 1.82) is 0 Å². The van der Waals surface area contributed by atoms with Crippen molar-refractivity contribution in [1.82, 2.24) is 9.88 Å². The van der Waals surface area contributed by atoms with Gasteiger partial charge in [-0.25, -0.2) is 4.79 Å². The molecule has 0 saturated carbocycles. The van der Waals surface area contributed by atoms with Gasteiger partial charge in [-0.1, -0.05) is 76.3 Å². The van der Waals surface area contributed by atoms with E-state index in [1.165, 1.54) is 5.57 Å². The molecule has 0 atom stereocenters. The lowest BCUT2D eigenvalue weighted by atomic mass is 9.88. The predicted octanol–water partition coefficient (Wildman–Crippen LogP) is 6.62. The second kappa shape index (κ2) is 8.80. The highest BCUT2D eigenvalue weighted by Gasteiger charge is 2.28. The number of aromatic nitrogens is 1. The quantitative estimate of drug-likeness (QED) is 0.365. The molecule has 30 heavy (non-hydrogen) atoms. The first-order valence-electron chi connectivity index (χ1n) is 9.46. The van der Waals surface area contributed by atoms with Crippen molar-refractivity contribution in [2.75, 3.05) is 19.7 Å². The van der Waals surface area contributed by atoms with Crippen molar-refractivity contribution in [3.05, 3.63) is 69.5 Å². The van der Waals surface area contributed by atoms with Crippen LogP contribution >= 0.6 is 46.4 Å². The van der Waals surface area contributed by atoms with E-state index in [-0.39, 0.29) is 6.61 Å². The summed E-state index contributed by atoms with van der Waals surface area (Å²) in [7, 11) is 0. The fraction of sp³-hybridized carbons (Fsp3) is 0.273. The molecule has 1 aromatic carbocycles. The summed E-state index contributed by atoms with van der Waals surface area (Å²) in [4.78, 5) is 18.6. The molecule has 0 spiro atoms. The van der Waals surface area contributed by atoms with Crippen LogP contribution in [0.15, 0.2) is 42.1 Å². The van der Waals surface area contributed by atoms with Gasteiger partial charge in [0.15, 0.2) is 0 Å². The molecule has 8 heteroatoms. The Labute approximate surface area is 195 Å². The van der Waals surface area contributed by atoms with E-state index in [9.17, 15) is 4.79 Å². The topological polar surface area (TPSA) is 42.4 Å². The average Bonchev–Trinajstić information content (AvgIpc) is 2.88. The molecule has 2 aromatic rings. The molecule has 0 bridgehead atoms. The van der Waals surface area contributed by atoms with E-state index < -0.39 is 9.89 Å². The van der Waals surface area contributed by atoms with Crippen LogP contribution in [0.2, 0.25) is 5.02 Å². The van der Waals surface area contributed by atoms with Crippen LogP contribution in [0.5, 0.6) is 0 Å². The molecular weight excluding hydrogens is 466 g/mol. The van der Waals surface area contributed by atoms with Crippen LogP contribution in [-0.2, 0) is 4.74 Å². The summed E-state index contributed by atoms with van der Waals surface area (Å²) in [5.74, 6) is 0. The van der Waals surface area contributed by atoms with Crippen molar-refractivity contribution in [3.63, 3.8) is 0 Å². The standard InChI is InChI=1S/C22H18Cl4N2O2/c23-17-5-6-18-16(12-17)4-3-15-2-1-9-27-20(15)19(18)14-7-10-28(11-8-14)21(29)30-13-22(24,25)26/h1-6,9,12H,7-8,10-11,13H2. The van der Waals surface area contributed by atoms with E-state index >= 15 is 0 Å². The highest BCUT2D eigenvalue weighted by Crippen LogP contribution is 2.38. The van der Waals surface area contributed by atoms with Crippen molar-refractivity contribution < 1.29 is 9.53 Å². The van der Waals surface area contributed by atoms with Crippen LogP contribution in [0.4, 0.5) is 4.79 Å². The highest BCUT2D eigenvalue weighted by atomic mass is 35.6. The number of amides is 1. The molecule has 2 heterocycles. The summed E-state index contributed by atoms with van der Waals surface area (Å²) in [5, 5.41) is 0.688. The summed E-state index contributed by atoms with van der Waals surface area (Å²) in [6.07, 6.45) is 6.87. The first-order valence-corrected chi connectivity index (χ1v) is 11.0. The first kappa shape index (κ1) is 21.5. The average molecular weight is 484 g/mol. The minimum Gasteiger partial charge on any atom is -0.445 e. The SMILES string of the molecule is O=C(OCC(Cl)(Cl)Cl)N1CCC(=C2c3ccc(Cl)cc3C=Cc3cccnc32)CC1. The van der Waals surface area contributed by atoms with Gasteiger partial charge in [-0.05, 0) is 42.2 Å². The number of alkyl halides is 3. The maximum absolute atomic E-state index is 12.3. The molecular formula is C22H18Cl4N2O2. The largest absolute Gasteiger partial charge is 0.445 e. The molecule has 0 N–H and O–H groups in total. The van der Waals surface area contributed by atoms with E-state index in [1.54, 1.807) is 11.1 Å². The minimum atomic E-state index is -1.62. The van der Waals surface area contributed by atoms with Crippen LogP contribution in [0.3, 0.4) is 0 Å². The number of piperidine rings is 1. The van der Waals surface area contributed by atoms with Crippen molar-refractivity contribution in [2.24, 2.45) is 0 Å². The molecule has 1 aliphatic heterocycles. The minimum absolute atomic E-state index is 0.280. The molecule has 4 nitrogen and oxygen atoms in total. The van der Waals surface area contributed by atoms with Crippen LogP contribution in [0.25, 0.3) is 17.7 Å². The molecule has 156 valence electrons. The Hall–Kier alpha value is -1.72. The van der Waals surface area contributed by atoms with Gasteiger partial charge in [0.25, 0.3) is 0 Å². The van der Waals surface area contributed by atoms with Crippen LogP contribution in [0, 0.1) is 0 Å². The number of hydrogen-bond donors (Lipinski definition) is 0. The van der Waals surface area contributed by atoms with Gasteiger partial charge in [-0.2, -0.15) is 0 Å². The van der Waals surface area contributed by atoms with Crippen LogP contribution in [0.1, 0.15) is 35.2 Å². The number of rotatable bonds is 1. The number of nitrogens with zero attached hydrogens (tertiary/aromatic N) is 2. The maximum Gasteiger partial charge on any atom is 0.409 e. The van der Waals surface area contributed by atoms with E-state index in [1.807, 2.05) is 24.3 Å². The van der Waals surface area contributed by atoms with Gasteiger partial charge >= 0.3 is 6.09 Å². The lowest BCUT2D eigenvalue weighted by molar-refractivity contribution is 0.101. The van der Waals surface area contributed by atoms with E-state index in [4.69, 9.17) is 51.1 Å². The molecule has 1 aliphatic carbocycles. The molecule has 1 amide bonds. The van der Waals surface area contributed by atoms with Crippen molar-refractivity contribution in [3.8, 4) is 0 Å². The third kappa shape index (κ3) is 4.78. The Kier molecular flexibility index (Phi) is 6.31. The van der Waals surface area contributed by atoms with E-state index in [0.717, 1.165) is 28.0 Å². The number of halogens is 4. The Balaban J connectivity index is 1.64. The Bertz CT molecular complexity index is 1030. The second-order valence-electron chi connectivity index (χ2n) is 7.14. The highest BCUT2D eigenvalue weighted by molar-refractivity contribution is 6.67. The summed E-state index contributed by atoms with van der Waals surface area (Å²) in [6.45, 7) is 0.768. The number of carbonyl (C=O) groups is 1. The zero-order valence-electron chi connectivity index (χ0n) is 15.9. The molecule has 0 radical (unpaired) electrons. The maximum atomic E-state index is 12.3. The Morgan fingerprint density at radius 1 is 1.10 bits per heavy atom. The van der Waals surface area contributed by atoms with E-state index in [0.29, 0.717) is 31.0 Å². The third-order valence-electron chi connectivity index (χ3n) is 5.14. The summed E-state index contributed by atoms with van der Waals surface area (Å²) < 4.78 is 3.49. The number of hydrogen-bond acceptors (Lipinski definition) is 3. The Morgan fingerprint density at radius 3 is 2.57 bits per heavy atom. The summed E-state index contributed by atoms with van der Waals surface area (Å²) in [5.41, 5.74) is 6.49. The third-order valence-corrected chi connectivity index (χ3v) is 5.70. The number of carbonyl (C=O) groups excluding carboxylic acids is 1. The lowest BCUT2D eigenvalue weighted by Crippen LogP contribution is -2.38. The monoisotopic (exact) mass is 482 g/mol. The normalized spacial score (nSPS) is 16.1. The van der Waals surface area contributed by atoms with Crippen molar-refractivity contribution in [2.45, 2.75) is 16.6 Å². The number of likely N-dealkylation sites (tertiary alicyclic amines) is 1. The van der Waals surface area contributed by atoms with Gasteiger partial charge in [0.05, 0.1) is 5.69 Å². The van der Waals surface area contributed by atoms with Crippen LogP contribution in [-0.4, -0.2) is 39.5 Å².